The van der Waals surface area contributed by atoms with E-state index < -0.39 is 0 Å². The van der Waals surface area contributed by atoms with Crippen molar-refractivity contribution in [1.82, 2.24) is 10.2 Å². The van der Waals surface area contributed by atoms with Crippen molar-refractivity contribution in [3.05, 3.63) is 35.4 Å². The van der Waals surface area contributed by atoms with Crippen LogP contribution in [0.2, 0.25) is 0 Å². The molecule has 0 saturated carbocycles. The summed E-state index contributed by atoms with van der Waals surface area (Å²) >= 11 is 0. The summed E-state index contributed by atoms with van der Waals surface area (Å²) in [5.41, 5.74) is 2.46. The fraction of sp³-hybridized carbons (Fsp3) is 0.533. The van der Waals surface area contributed by atoms with Gasteiger partial charge in [-0.15, -0.1) is 0 Å². The quantitative estimate of drug-likeness (QED) is 0.882. The molecule has 1 fully saturated rings. The second-order valence-corrected chi connectivity index (χ2v) is 5.41. The number of carbonyl (C=O) groups is 1. The van der Waals surface area contributed by atoms with Gasteiger partial charge in [0.15, 0.2) is 0 Å². The van der Waals surface area contributed by atoms with Crippen LogP contribution in [0.4, 0.5) is 0 Å². The maximum absolute atomic E-state index is 12.2. The molecule has 1 aromatic rings. The lowest BCUT2D eigenvalue weighted by Gasteiger charge is -2.18. The van der Waals surface area contributed by atoms with Crippen LogP contribution in [0.15, 0.2) is 24.3 Å². The summed E-state index contributed by atoms with van der Waals surface area (Å²) in [6.07, 6.45) is 0.919. The summed E-state index contributed by atoms with van der Waals surface area (Å²) < 4.78 is 0. The minimum atomic E-state index is 0.00908. The zero-order chi connectivity index (χ0) is 13.1. The predicted octanol–water partition coefficient (Wildman–Crippen LogP) is 2.09. The van der Waals surface area contributed by atoms with E-state index in [4.69, 9.17) is 0 Å². The van der Waals surface area contributed by atoms with Crippen LogP contribution in [-0.4, -0.2) is 29.4 Å². The van der Waals surface area contributed by atoms with Gasteiger partial charge in [0.25, 0.3) is 0 Å². The molecule has 0 aliphatic carbocycles. The van der Waals surface area contributed by atoms with Crippen molar-refractivity contribution in [1.29, 1.82) is 0 Å². The molecule has 98 valence electrons. The molecule has 1 heterocycles. The molecule has 1 N–H and O–H groups in total. The number of amides is 1. The maximum atomic E-state index is 12.2. The van der Waals surface area contributed by atoms with Crippen LogP contribution in [0.1, 0.15) is 31.4 Å². The first kappa shape index (κ1) is 13.1. The van der Waals surface area contributed by atoms with E-state index in [1.807, 2.05) is 4.90 Å². The highest BCUT2D eigenvalue weighted by atomic mass is 16.2. The molecule has 0 radical (unpaired) electrons. The van der Waals surface area contributed by atoms with Crippen molar-refractivity contribution in [2.24, 2.45) is 0 Å². The highest BCUT2D eigenvalue weighted by Gasteiger charge is 2.31. The summed E-state index contributed by atoms with van der Waals surface area (Å²) in [4.78, 5) is 14.1. The Morgan fingerprint density at radius 3 is 2.89 bits per heavy atom. The molecule has 1 aliphatic heterocycles. The molecular weight excluding hydrogens is 224 g/mol. The molecule has 0 spiro atoms. The topological polar surface area (TPSA) is 32.3 Å². The molecule has 18 heavy (non-hydrogen) atoms. The number of aryl methyl sites for hydroxylation is 1. The number of rotatable bonds is 4. The summed E-state index contributed by atoms with van der Waals surface area (Å²) in [7, 11) is 0. The third-order valence-corrected chi connectivity index (χ3v) is 3.29. The zero-order valence-corrected chi connectivity index (χ0v) is 11.4. The van der Waals surface area contributed by atoms with Gasteiger partial charge in [0.05, 0.1) is 6.04 Å². The number of likely N-dealkylation sites (tertiary alicyclic amines) is 1. The van der Waals surface area contributed by atoms with Gasteiger partial charge in [0.1, 0.15) is 0 Å². The van der Waals surface area contributed by atoms with Crippen LogP contribution >= 0.6 is 0 Å². The molecule has 3 nitrogen and oxygen atoms in total. The van der Waals surface area contributed by atoms with Crippen LogP contribution in [0.25, 0.3) is 0 Å². The Balaban J connectivity index is 1.97. The van der Waals surface area contributed by atoms with Gasteiger partial charge >= 0.3 is 0 Å². The van der Waals surface area contributed by atoms with E-state index >= 15 is 0 Å². The number of nitrogens with one attached hydrogen (secondary N) is 1. The van der Waals surface area contributed by atoms with Crippen LogP contribution in [0.5, 0.6) is 0 Å². The van der Waals surface area contributed by atoms with Crippen molar-refractivity contribution in [3.63, 3.8) is 0 Å². The van der Waals surface area contributed by atoms with E-state index in [2.05, 4.69) is 50.4 Å². The molecule has 0 bridgehead atoms. The van der Waals surface area contributed by atoms with Crippen molar-refractivity contribution < 1.29 is 4.79 Å². The lowest BCUT2D eigenvalue weighted by molar-refractivity contribution is -0.130. The van der Waals surface area contributed by atoms with E-state index in [0.717, 1.165) is 19.5 Å². The Bertz CT molecular complexity index is 428. The fourth-order valence-corrected chi connectivity index (χ4v) is 2.48. The minimum Gasteiger partial charge on any atom is -0.337 e. The highest BCUT2D eigenvalue weighted by Crippen LogP contribution is 2.16. The summed E-state index contributed by atoms with van der Waals surface area (Å²) in [5.74, 6) is 0.241. The molecule has 3 heteroatoms. The smallest absolute Gasteiger partial charge is 0.240 e. The van der Waals surface area contributed by atoms with E-state index in [-0.39, 0.29) is 11.9 Å². The molecule has 1 saturated heterocycles. The monoisotopic (exact) mass is 246 g/mol. The van der Waals surface area contributed by atoms with E-state index in [1.54, 1.807) is 0 Å². The average Bonchev–Trinajstić information content (AvgIpc) is 2.61. The van der Waals surface area contributed by atoms with E-state index in [0.29, 0.717) is 6.04 Å². The molecule has 2 rings (SSSR count). The maximum Gasteiger partial charge on any atom is 0.240 e. The van der Waals surface area contributed by atoms with Gasteiger partial charge < -0.3 is 10.2 Å². The standard InChI is InChI=1S/C15H22N2O/c1-11(2)16-14-7-8-17(15(14)18)10-13-6-4-5-12(3)9-13/h4-6,9,11,14,16H,7-8,10H2,1-3H3. The summed E-state index contributed by atoms with van der Waals surface area (Å²) in [5, 5.41) is 3.33. The fourth-order valence-electron chi connectivity index (χ4n) is 2.48. The van der Waals surface area contributed by atoms with Crippen molar-refractivity contribution in [2.45, 2.75) is 45.8 Å². The van der Waals surface area contributed by atoms with Crippen LogP contribution in [0.3, 0.4) is 0 Å². The third kappa shape index (κ3) is 3.10. The van der Waals surface area contributed by atoms with E-state index in [9.17, 15) is 4.79 Å². The number of hydrogen-bond acceptors (Lipinski definition) is 2. The van der Waals surface area contributed by atoms with Gasteiger partial charge in [0.2, 0.25) is 5.91 Å². The Kier molecular flexibility index (Phi) is 4.02. The Morgan fingerprint density at radius 1 is 1.44 bits per heavy atom. The largest absolute Gasteiger partial charge is 0.337 e. The third-order valence-electron chi connectivity index (χ3n) is 3.29. The average molecular weight is 246 g/mol. The number of hydrogen-bond donors (Lipinski definition) is 1. The molecular formula is C15H22N2O. The molecule has 1 atom stereocenters. The lowest BCUT2D eigenvalue weighted by atomic mass is 10.1. The SMILES string of the molecule is Cc1cccc(CN2CCC(NC(C)C)C2=O)c1. The molecule has 1 aromatic carbocycles. The van der Waals surface area contributed by atoms with Crippen LogP contribution in [0, 0.1) is 6.92 Å². The normalized spacial score (nSPS) is 19.9. The Morgan fingerprint density at radius 2 is 2.22 bits per heavy atom. The van der Waals surface area contributed by atoms with Gasteiger partial charge in [-0.05, 0) is 18.9 Å². The molecule has 1 amide bonds. The predicted molar refractivity (Wildman–Crippen MR) is 73.3 cm³/mol. The van der Waals surface area contributed by atoms with Gasteiger partial charge in [-0.1, -0.05) is 43.7 Å². The highest BCUT2D eigenvalue weighted by molar-refractivity contribution is 5.84. The first-order valence-electron chi connectivity index (χ1n) is 6.66. The Hall–Kier alpha value is -1.35. The second kappa shape index (κ2) is 5.53. The zero-order valence-electron chi connectivity index (χ0n) is 11.4. The van der Waals surface area contributed by atoms with Gasteiger partial charge in [0, 0.05) is 19.1 Å². The van der Waals surface area contributed by atoms with Crippen molar-refractivity contribution in [2.75, 3.05) is 6.54 Å². The molecule has 0 aromatic heterocycles. The molecule has 1 unspecified atom stereocenters. The molecule has 1 aliphatic rings. The van der Waals surface area contributed by atoms with Crippen molar-refractivity contribution >= 4 is 5.91 Å². The first-order valence-corrected chi connectivity index (χ1v) is 6.66. The minimum absolute atomic E-state index is 0.00908. The summed E-state index contributed by atoms with van der Waals surface area (Å²) in [6, 6.07) is 8.74. The van der Waals surface area contributed by atoms with E-state index in [1.165, 1.54) is 11.1 Å². The van der Waals surface area contributed by atoms with Crippen LogP contribution in [-0.2, 0) is 11.3 Å². The number of nitrogens with zero attached hydrogens (tertiary/aromatic N) is 1. The van der Waals surface area contributed by atoms with Gasteiger partial charge in [-0.2, -0.15) is 0 Å². The second-order valence-electron chi connectivity index (χ2n) is 5.41. The van der Waals surface area contributed by atoms with Crippen molar-refractivity contribution in [3.8, 4) is 0 Å². The lowest BCUT2D eigenvalue weighted by Crippen LogP contribution is -2.41. The number of carbonyl (C=O) groups excluding carboxylic acids is 1. The summed E-state index contributed by atoms with van der Waals surface area (Å²) in [6.45, 7) is 7.83. The van der Waals surface area contributed by atoms with Gasteiger partial charge in [-0.3, -0.25) is 4.79 Å². The van der Waals surface area contributed by atoms with Gasteiger partial charge in [-0.25, -0.2) is 0 Å². The van der Waals surface area contributed by atoms with Crippen LogP contribution < -0.4 is 5.32 Å². The Labute approximate surface area is 109 Å². The number of benzene rings is 1. The first-order chi connectivity index (χ1) is 8.56.